The SMILES string of the molecule is CC(C)c1cccc2c1oc1c(N(c3ccc(-c4ccc5cc(-c6ccc7ccccc7c6)ccc5c4)cc3)c3ccc(-c4cccc5ccccc45)cc3)cc3ccccc3c12. The molecule has 11 aromatic carbocycles. The molecular formula is C61H43NO. The van der Waals surface area contributed by atoms with Crippen molar-refractivity contribution in [2.24, 2.45) is 0 Å². The van der Waals surface area contributed by atoms with E-state index in [0.29, 0.717) is 5.92 Å². The van der Waals surface area contributed by atoms with E-state index in [2.05, 4.69) is 237 Å². The van der Waals surface area contributed by atoms with Crippen LogP contribution >= 0.6 is 0 Å². The van der Waals surface area contributed by atoms with E-state index in [4.69, 9.17) is 4.42 Å². The second-order valence-corrected chi connectivity index (χ2v) is 17.1. The molecule has 298 valence electrons. The topological polar surface area (TPSA) is 16.4 Å². The Morgan fingerprint density at radius 3 is 1.52 bits per heavy atom. The Bertz CT molecular complexity index is 3700. The van der Waals surface area contributed by atoms with Gasteiger partial charge in [0.05, 0.1) is 5.69 Å². The van der Waals surface area contributed by atoms with E-state index in [1.54, 1.807) is 0 Å². The molecule has 0 unspecified atom stereocenters. The van der Waals surface area contributed by atoms with Gasteiger partial charge < -0.3 is 9.32 Å². The minimum Gasteiger partial charge on any atom is -0.454 e. The molecule has 2 heteroatoms. The zero-order valence-corrected chi connectivity index (χ0v) is 35.2. The van der Waals surface area contributed by atoms with Crippen molar-refractivity contribution in [1.82, 2.24) is 0 Å². The van der Waals surface area contributed by atoms with Gasteiger partial charge in [-0.05, 0) is 136 Å². The number of hydrogen-bond acceptors (Lipinski definition) is 2. The highest BCUT2D eigenvalue weighted by atomic mass is 16.3. The number of anilines is 3. The normalized spacial score (nSPS) is 11.8. The Labute approximate surface area is 366 Å². The Hall–Kier alpha value is -7.94. The van der Waals surface area contributed by atoms with E-state index in [9.17, 15) is 0 Å². The third-order valence-electron chi connectivity index (χ3n) is 13.0. The molecule has 0 spiro atoms. The van der Waals surface area contributed by atoms with Crippen LogP contribution in [0.2, 0.25) is 0 Å². The van der Waals surface area contributed by atoms with Crippen molar-refractivity contribution < 1.29 is 4.42 Å². The first-order valence-electron chi connectivity index (χ1n) is 21.9. The van der Waals surface area contributed by atoms with Crippen molar-refractivity contribution >= 4 is 82.1 Å². The fourth-order valence-corrected chi connectivity index (χ4v) is 9.74. The van der Waals surface area contributed by atoms with Gasteiger partial charge in [-0.25, -0.2) is 0 Å². The number of rotatable bonds is 7. The lowest BCUT2D eigenvalue weighted by Crippen LogP contribution is -2.10. The van der Waals surface area contributed by atoms with Crippen LogP contribution in [0.5, 0.6) is 0 Å². The number of benzene rings is 11. The van der Waals surface area contributed by atoms with Crippen LogP contribution in [0.3, 0.4) is 0 Å². The summed E-state index contributed by atoms with van der Waals surface area (Å²) in [6.45, 7) is 4.48. The van der Waals surface area contributed by atoms with Crippen molar-refractivity contribution in [1.29, 1.82) is 0 Å². The maximum Gasteiger partial charge on any atom is 0.160 e. The maximum absolute atomic E-state index is 7.10. The minimum atomic E-state index is 0.316. The van der Waals surface area contributed by atoms with Gasteiger partial charge in [0.1, 0.15) is 5.58 Å². The summed E-state index contributed by atoms with van der Waals surface area (Å²) < 4.78 is 7.10. The predicted octanol–water partition coefficient (Wildman–Crippen LogP) is 17.8. The summed E-state index contributed by atoms with van der Waals surface area (Å²) in [4.78, 5) is 2.37. The Balaban J connectivity index is 0.982. The average molecular weight is 806 g/mol. The fraction of sp³-hybridized carbons (Fsp3) is 0.0492. The second kappa shape index (κ2) is 14.9. The van der Waals surface area contributed by atoms with Crippen molar-refractivity contribution in [3.63, 3.8) is 0 Å². The molecule has 0 amide bonds. The average Bonchev–Trinajstić information content (AvgIpc) is 3.74. The molecule has 0 aliphatic rings. The molecule has 2 nitrogen and oxygen atoms in total. The van der Waals surface area contributed by atoms with Crippen molar-refractivity contribution in [3.8, 4) is 33.4 Å². The van der Waals surface area contributed by atoms with Crippen LogP contribution in [0.25, 0.3) is 98.4 Å². The van der Waals surface area contributed by atoms with Crippen molar-refractivity contribution in [2.45, 2.75) is 19.8 Å². The molecule has 0 aliphatic carbocycles. The molecule has 63 heavy (non-hydrogen) atoms. The lowest BCUT2D eigenvalue weighted by atomic mass is 9.96. The molecule has 1 aromatic heterocycles. The summed E-state index contributed by atoms with van der Waals surface area (Å²) in [7, 11) is 0. The molecule has 0 saturated heterocycles. The third kappa shape index (κ3) is 6.34. The summed E-state index contributed by atoms with van der Waals surface area (Å²) in [5.41, 5.74) is 13.4. The van der Waals surface area contributed by atoms with Crippen LogP contribution in [0.4, 0.5) is 17.1 Å². The Morgan fingerprint density at radius 2 is 0.841 bits per heavy atom. The first-order chi connectivity index (χ1) is 31.0. The van der Waals surface area contributed by atoms with E-state index in [-0.39, 0.29) is 0 Å². The highest BCUT2D eigenvalue weighted by Crippen LogP contribution is 2.47. The quantitative estimate of drug-likeness (QED) is 0.160. The summed E-state index contributed by atoms with van der Waals surface area (Å²) in [6, 6.07) is 79.7. The zero-order valence-electron chi connectivity index (χ0n) is 35.2. The van der Waals surface area contributed by atoms with E-state index in [1.165, 1.54) is 82.0 Å². The molecule has 12 aromatic rings. The number of para-hydroxylation sites is 1. The lowest BCUT2D eigenvalue weighted by Gasteiger charge is -2.26. The van der Waals surface area contributed by atoms with Gasteiger partial charge in [0, 0.05) is 22.1 Å². The largest absolute Gasteiger partial charge is 0.454 e. The van der Waals surface area contributed by atoms with Gasteiger partial charge in [0.15, 0.2) is 5.58 Å². The second-order valence-electron chi connectivity index (χ2n) is 17.1. The first-order valence-corrected chi connectivity index (χ1v) is 21.9. The van der Waals surface area contributed by atoms with E-state index < -0.39 is 0 Å². The van der Waals surface area contributed by atoms with Crippen LogP contribution in [0.15, 0.2) is 223 Å². The third-order valence-corrected chi connectivity index (χ3v) is 13.0. The maximum atomic E-state index is 7.10. The number of furan rings is 1. The monoisotopic (exact) mass is 805 g/mol. The van der Waals surface area contributed by atoms with Crippen molar-refractivity contribution in [3.05, 3.63) is 224 Å². The van der Waals surface area contributed by atoms with E-state index in [1.807, 2.05) is 0 Å². The van der Waals surface area contributed by atoms with Crippen LogP contribution in [-0.2, 0) is 0 Å². The smallest absolute Gasteiger partial charge is 0.160 e. The first kappa shape index (κ1) is 36.9. The molecule has 0 bridgehead atoms. The lowest BCUT2D eigenvalue weighted by molar-refractivity contribution is 0.657. The molecule has 0 aliphatic heterocycles. The minimum absolute atomic E-state index is 0.316. The van der Waals surface area contributed by atoms with Crippen LogP contribution in [0, 0.1) is 0 Å². The molecule has 0 radical (unpaired) electrons. The molecule has 1 heterocycles. The number of hydrogen-bond donors (Lipinski definition) is 0. The van der Waals surface area contributed by atoms with Gasteiger partial charge in [-0.1, -0.05) is 184 Å². The molecule has 0 atom stereocenters. The summed E-state index contributed by atoms with van der Waals surface area (Å²) in [5, 5.41) is 12.1. The highest BCUT2D eigenvalue weighted by molar-refractivity contribution is 6.23. The van der Waals surface area contributed by atoms with Crippen LogP contribution in [-0.4, -0.2) is 0 Å². The molecule has 12 rings (SSSR count). The molecule has 0 saturated carbocycles. The standard InChI is InChI=1S/C61H43NO/c1-39(2)53-18-10-20-57-59-56-17-8-6-14-50(56)38-58(61(59)63-60(53)57)62(52-33-29-43(30-34-52)55-19-9-15-42-12-5-7-16-54(42)55)51-31-27-41(28-32-51)45-23-24-48-37-49(26-25-47(48)36-45)46-22-21-40-11-3-4-13-44(40)35-46/h3-39H,1-2H3. The summed E-state index contributed by atoms with van der Waals surface area (Å²) in [6.07, 6.45) is 0. The summed E-state index contributed by atoms with van der Waals surface area (Å²) >= 11 is 0. The van der Waals surface area contributed by atoms with Crippen LogP contribution in [0.1, 0.15) is 25.3 Å². The van der Waals surface area contributed by atoms with Gasteiger partial charge in [0.25, 0.3) is 0 Å². The van der Waals surface area contributed by atoms with Gasteiger partial charge in [-0.3, -0.25) is 0 Å². The van der Waals surface area contributed by atoms with Gasteiger partial charge in [0.2, 0.25) is 0 Å². The predicted molar refractivity (Wildman–Crippen MR) is 269 cm³/mol. The van der Waals surface area contributed by atoms with Crippen LogP contribution < -0.4 is 4.90 Å². The fourth-order valence-electron chi connectivity index (χ4n) is 9.74. The molecule has 0 N–H and O–H groups in total. The van der Waals surface area contributed by atoms with Gasteiger partial charge >= 0.3 is 0 Å². The Kier molecular flexibility index (Phi) is 8.72. The Morgan fingerprint density at radius 1 is 0.349 bits per heavy atom. The number of nitrogens with zero attached hydrogens (tertiary/aromatic N) is 1. The molecule has 0 fully saturated rings. The van der Waals surface area contributed by atoms with E-state index >= 15 is 0 Å². The summed E-state index contributed by atoms with van der Waals surface area (Å²) in [5.74, 6) is 0.316. The van der Waals surface area contributed by atoms with Gasteiger partial charge in [-0.2, -0.15) is 0 Å². The zero-order chi connectivity index (χ0) is 42.0. The highest BCUT2D eigenvalue weighted by Gasteiger charge is 2.23. The molecular weight excluding hydrogens is 763 g/mol. The number of fused-ring (bicyclic) bond motifs is 8. The van der Waals surface area contributed by atoms with Crippen molar-refractivity contribution in [2.75, 3.05) is 4.90 Å². The van der Waals surface area contributed by atoms with E-state index in [0.717, 1.165) is 39.0 Å². The van der Waals surface area contributed by atoms with Gasteiger partial charge in [-0.15, -0.1) is 0 Å².